The summed E-state index contributed by atoms with van der Waals surface area (Å²) in [6.07, 6.45) is 5.41. The smallest absolute Gasteiger partial charge is 0.0177 e. The molecule has 0 amide bonds. The van der Waals surface area contributed by atoms with Crippen LogP contribution in [0.25, 0.3) is 0 Å². The van der Waals surface area contributed by atoms with Gasteiger partial charge in [0.05, 0.1) is 0 Å². The van der Waals surface area contributed by atoms with Gasteiger partial charge < -0.3 is 5.32 Å². The largest absolute Gasteiger partial charge is 0.310 e. The van der Waals surface area contributed by atoms with Crippen molar-refractivity contribution < 1.29 is 0 Å². The number of hydrogen-bond acceptors (Lipinski definition) is 1. The van der Waals surface area contributed by atoms with Crippen LogP contribution in [0.4, 0.5) is 0 Å². The van der Waals surface area contributed by atoms with Gasteiger partial charge in [0.15, 0.2) is 0 Å². The molecule has 2 unspecified atom stereocenters. The maximum atomic E-state index is 3.99. The molecule has 3 rings (SSSR count). The van der Waals surface area contributed by atoms with Gasteiger partial charge in [-0.05, 0) is 54.9 Å². The van der Waals surface area contributed by atoms with E-state index in [2.05, 4.69) is 63.3 Å². The number of nitrogens with one attached hydrogen (secondary N) is 1. The summed E-state index contributed by atoms with van der Waals surface area (Å²) < 4.78 is 0. The van der Waals surface area contributed by atoms with E-state index in [0.717, 1.165) is 12.3 Å². The summed E-state index contributed by atoms with van der Waals surface area (Å²) >= 11 is 0. The molecule has 1 N–H and O–H groups in total. The summed E-state index contributed by atoms with van der Waals surface area (Å²) in [7, 11) is 0. The van der Waals surface area contributed by atoms with E-state index in [0.29, 0.717) is 22.9 Å². The topological polar surface area (TPSA) is 12.0 Å². The first kappa shape index (κ1) is 14.1. The maximum absolute atomic E-state index is 3.99. The molecule has 1 aromatic carbocycles. The lowest BCUT2D eigenvalue weighted by Crippen LogP contribution is -2.53. The van der Waals surface area contributed by atoms with E-state index in [-0.39, 0.29) is 0 Å². The Morgan fingerprint density at radius 1 is 1.20 bits per heavy atom. The molecule has 0 aromatic heterocycles. The van der Waals surface area contributed by atoms with Gasteiger partial charge in [0, 0.05) is 12.1 Å². The molecule has 0 spiro atoms. The van der Waals surface area contributed by atoms with E-state index in [1.165, 1.54) is 24.8 Å². The third kappa shape index (κ3) is 2.30. The molecule has 2 bridgehead atoms. The quantitative estimate of drug-likeness (QED) is 0.854. The average Bonchev–Trinajstić information content (AvgIpc) is 2.87. The fourth-order valence-corrected chi connectivity index (χ4v) is 5.03. The highest BCUT2D eigenvalue weighted by atomic mass is 15.0. The number of benzene rings is 1. The van der Waals surface area contributed by atoms with Gasteiger partial charge in [0.25, 0.3) is 0 Å². The van der Waals surface area contributed by atoms with Gasteiger partial charge in [-0.2, -0.15) is 0 Å². The fraction of sp³-hybridized carbons (Fsp3) is 0.684. The number of fused-ring (bicyclic) bond motifs is 2. The van der Waals surface area contributed by atoms with Gasteiger partial charge in [-0.15, -0.1) is 0 Å². The minimum atomic E-state index is 0.456. The first-order valence-electron chi connectivity index (χ1n) is 8.22. The lowest BCUT2D eigenvalue weighted by molar-refractivity contribution is 0.100. The van der Waals surface area contributed by atoms with E-state index in [1.54, 1.807) is 0 Å². The molecule has 2 fully saturated rings. The summed E-state index contributed by atoms with van der Waals surface area (Å²) in [5, 5.41) is 3.99. The summed E-state index contributed by atoms with van der Waals surface area (Å²) in [5.74, 6) is 0.925. The van der Waals surface area contributed by atoms with Crippen LogP contribution in [-0.2, 0) is 6.42 Å². The number of hydrogen-bond donors (Lipinski definition) is 1. The first-order valence-corrected chi connectivity index (χ1v) is 8.22. The normalized spacial score (nSPS) is 36.2. The Morgan fingerprint density at radius 3 is 2.50 bits per heavy atom. The third-order valence-electron chi connectivity index (χ3n) is 6.11. The molecule has 1 aromatic rings. The summed E-state index contributed by atoms with van der Waals surface area (Å²) in [4.78, 5) is 0. The molecule has 0 saturated heterocycles. The Balaban J connectivity index is 1.68. The monoisotopic (exact) mass is 271 g/mol. The van der Waals surface area contributed by atoms with Crippen molar-refractivity contribution in [3.63, 3.8) is 0 Å². The average molecular weight is 271 g/mol. The Labute approximate surface area is 124 Å². The molecule has 1 nitrogen and oxygen atoms in total. The predicted octanol–water partition coefficient (Wildman–Crippen LogP) is 4.42. The minimum absolute atomic E-state index is 0.456. The zero-order valence-corrected chi connectivity index (χ0v) is 13.4. The third-order valence-corrected chi connectivity index (χ3v) is 6.11. The fourth-order valence-electron chi connectivity index (χ4n) is 5.03. The molecule has 0 radical (unpaired) electrons. The Morgan fingerprint density at radius 2 is 1.90 bits per heavy atom. The van der Waals surface area contributed by atoms with Crippen LogP contribution in [0.1, 0.15) is 52.5 Å². The molecule has 2 aliphatic rings. The molecule has 0 heterocycles. The molecule has 2 aliphatic carbocycles. The van der Waals surface area contributed by atoms with E-state index in [4.69, 9.17) is 0 Å². The zero-order valence-electron chi connectivity index (χ0n) is 13.4. The van der Waals surface area contributed by atoms with Crippen molar-refractivity contribution in [3.05, 3.63) is 35.9 Å². The van der Waals surface area contributed by atoms with Crippen LogP contribution in [0, 0.1) is 16.7 Å². The molecule has 20 heavy (non-hydrogen) atoms. The minimum Gasteiger partial charge on any atom is -0.310 e. The molecule has 2 saturated carbocycles. The van der Waals surface area contributed by atoms with Crippen LogP contribution in [0.5, 0.6) is 0 Å². The van der Waals surface area contributed by atoms with Crippen LogP contribution in [0.15, 0.2) is 30.3 Å². The lowest BCUT2D eigenvalue weighted by atomic mass is 9.68. The van der Waals surface area contributed by atoms with Crippen molar-refractivity contribution in [1.29, 1.82) is 0 Å². The van der Waals surface area contributed by atoms with Gasteiger partial charge >= 0.3 is 0 Å². The summed E-state index contributed by atoms with van der Waals surface area (Å²) in [6.45, 7) is 9.82. The Kier molecular flexibility index (Phi) is 3.44. The van der Waals surface area contributed by atoms with Gasteiger partial charge in [-0.1, -0.05) is 51.1 Å². The summed E-state index contributed by atoms with van der Waals surface area (Å²) in [6, 6.07) is 12.1. The molecular formula is C19H29N. The Bertz CT molecular complexity index is 459. The van der Waals surface area contributed by atoms with E-state index < -0.39 is 0 Å². The number of rotatable bonds is 4. The van der Waals surface area contributed by atoms with Crippen LogP contribution in [0.2, 0.25) is 0 Å². The van der Waals surface area contributed by atoms with Crippen molar-refractivity contribution in [1.82, 2.24) is 5.32 Å². The van der Waals surface area contributed by atoms with Crippen molar-refractivity contribution in [2.45, 2.75) is 65.5 Å². The highest BCUT2D eigenvalue weighted by Gasteiger charge is 2.59. The standard InChI is InChI=1S/C19H29N/c1-14(12-15-8-6-5-7-9-15)20-17-18(2,3)16-10-11-19(17,4)13-16/h5-9,14,16-17,20H,10-13H2,1-4H3/t14?,16-,17?,19+/m0/s1. The maximum Gasteiger partial charge on any atom is 0.0177 e. The van der Waals surface area contributed by atoms with Gasteiger partial charge in [-0.3, -0.25) is 0 Å². The lowest BCUT2D eigenvalue weighted by Gasteiger charge is -2.44. The second kappa shape index (κ2) is 4.87. The van der Waals surface area contributed by atoms with E-state index in [9.17, 15) is 0 Å². The van der Waals surface area contributed by atoms with E-state index in [1.807, 2.05) is 0 Å². The summed E-state index contributed by atoms with van der Waals surface area (Å²) in [5.41, 5.74) is 2.43. The second-order valence-electron chi connectivity index (χ2n) is 8.11. The SMILES string of the molecule is CC(Cc1ccccc1)NC1C(C)(C)[C@H]2CC[C@]1(C)C2. The first-order chi connectivity index (χ1) is 9.42. The second-order valence-corrected chi connectivity index (χ2v) is 8.11. The van der Waals surface area contributed by atoms with Crippen molar-refractivity contribution >= 4 is 0 Å². The Hall–Kier alpha value is -0.820. The predicted molar refractivity (Wildman–Crippen MR) is 85.8 cm³/mol. The van der Waals surface area contributed by atoms with Crippen LogP contribution < -0.4 is 5.32 Å². The highest BCUT2D eigenvalue weighted by molar-refractivity contribution is 5.17. The highest BCUT2D eigenvalue weighted by Crippen LogP contribution is 2.62. The molecular weight excluding hydrogens is 242 g/mol. The molecule has 110 valence electrons. The van der Waals surface area contributed by atoms with Gasteiger partial charge in [0.2, 0.25) is 0 Å². The van der Waals surface area contributed by atoms with Crippen LogP contribution in [0.3, 0.4) is 0 Å². The molecule has 4 atom stereocenters. The zero-order chi connectivity index (χ0) is 14.4. The molecule has 1 heteroatoms. The van der Waals surface area contributed by atoms with Crippen LogP contribution in [-0.4, -0.2) is 12.1 Å². The van der Waals surface area contributed by atoms with Crippen molar-refractivity contribution in [2.75, 3.05) is 0 Å². The van der Waals surface area contributed by atoms with Gasteiger partial charge in [0.1, 0.15) is 0 Å². The van der Waals surface area contributed by atoms with E-state index >= 15 is 0 Å². The van der Waals surface area contributed by atoms with Crippen LogP contribution >= 0.6 is 0 Å². The van der Waals surface area contributed by atoms with Gasteiger partial charge in [-0.25, -0.2) is 0 Å². The van der Waals surface area contributed by atoms with Crippen molar-refractivity contribution in [3.8, 4) is 0 Å². The molecule has 0 aliphatic heterocycles. The van der Waals surface area contributed by atoms with Crippen molar-refractivity contribution in [2.24, 2.45) is 16.7 Å².